The number of halogens is 1. The first-order valence-electron chi connectivity index (χ1n) is 10.5. The van der Waals surface area contributed by atoms with E-state index >= 15 is 0 Å². The van der Waals surface area contributed by atoms with E-state index in [-0.39, 0.29) is 17.8 Å². The Hall–Kier alpha value is -1.50. The first-order valence-corrected chi connectivity index (χ1v) is 10.5. The van der Waals surface area contributed by atoms with Crippen molar-refractivity contribution < 1.29 is 9.18 Å². The molecule has 1 aromatic rings. The van der Waals surface area contributed by atoms with Crippen LogP contribution in [0.25, 0.3) is 0 Å². The van der Waals surface area contributed by atoms with Crippen molar-refractivity contribution in [3.05, 3.63) is 29.6 Å². The van der Waals surface area contributed by atoms with Gasteiger partial charge in [0.05, 0.1) is 6.04 Å². The Morgan fingerprint density at radius 3 is 2.43 bits per heavy atom. The molecule has 0 aromatic heterocycles. The lowest BCUT2D eigenvalue weighted by atomic mass is 9.79. The summed E-state index contributed by atoms with van der Waals surface area (Å²) in [5.74, 6) is -0.353. The van der Waals surface area contributed by atoms with Crippen LogP contribution in [0.2, 0.25) is 0 Å². The lowest BCUT2D eigenvalue weighted by molar-refractivity contribution is -0.121. The Morgan fingerprint density at radius 1 is 1.18 bits per heavy atom. The highest BCUT2D eigenvalue weighted by molar-refractivity contribution is 5.94. The van der Waals surface area contributed by atoms with Crippen molar-refractivity contribution in [2.75, 3.05) is 58.2 Å². The number of hydrogen-bond donors (Lipinski definition) is 1. The Morgan fingerprint density at radius 2 is 1.82 bits per heavy atom. The Balaban J connectivity index is 1.49. The summed E-state index contributed by atoms with van der Waals surface area (Å²) in [6.45, 7) is 13.7. The van der Waals surface area contributed by atoms with Crippen LogP contribution in [0.5, 0.6) is 0 Å². The molecule has 0 aliphatic carbocycles. The highest BCUT2D eigenvalue weighted by atomic mass is 19.1. The molecule has 2 saturated heterocycles. The summed E-state index contributed by atoms with van der Waals surface area (Å²) in [7, 11) is 2.19. The molecule has 1 aromatic carbocycles. The number of likely N-dealkylation sites (tertiary alicyclic amines) is 1. The van der Waals surface area contributed by atoms with Crippen LogP contribution in [0.3, 0.4) is 0 Å². The van der Waals surface area contributed by atoms with Gasteiger partial charge in [0.1, 0.15) is 5.82 Å². The minimum atomic E-state index is -0.289. The van der Waals surface area contributed by atoms with Crippen molar-refractivity contribution in [3.63, 3.8) is 0 Å². The summed E-state index contributed by atoms with van der Waals surface area (Å²) >= 11 is 0. The van der Waals surface area contributed by atoms with Crippen LogP contribution < -0.4 is 5.32 Å². The van der Waals surface area contributed by atoms with E-state index in [0.29, 0.717) is 16.7 Å². The van der Waals surface area contributed by atoms with E-state index < -0.39 is 0 Å². The van der Waals surface area contributed by atoms with Crippen LogP contribution in [0.1, 0.15) is 32.3 Å². The van der Waals surface area contributed by atoms with Gasteiger partial charge in [-0.05, 0) is 69.9 Å². The molecule has 2 aliphatic heterocycles. The molecule has 2 heterocycles. The second-order valence-electron chi connectivity index (χ2n) is 9.06. The zero-order chi connectivity index (χ0) is 20.3. The van der Waals surface area contributed by atoms with Crippen molar-refractivity contribution in [3.8, 4) is 0 Å². The first kappa shape index (κ1) is 21.2. The van der Waals surface area contributed by atoms with Crippen molar-refractivity contribution in [1.29, 1.82) is 0 Å². The number of rotatable bonds is 5. The normalized spacial score (nSPS) is 22.8. The molecule has 2 fully saturated rings. The Labute approximate surface area is 168 Å². The number of carbonyl (C=O) groups is 1. The first-order chi connectivity index (χ1) is 13.3. The maximum atomic E-state index is 13.7. The van der Waals surface area contributed by atoms with Gasteiger partial charge in [-0.15, -0.1) is 0 Å². The summed E-state index contributed by atoms with van der Waals surface area (Å²) in [5, 5.41) is 2.86. The molecule has 1 amide bonds. The van der Waals surface area contributed by atoms with Gasteiger partial charge in [0.2, 0.25) is 5.91 Å². The van der Waals surface area contributed by atoms with Crippen LogP contribution >= 0.6 is 0 Å². The SMILES string of the molecule is Cc1ccc(NC(=O)C(C)N2CCC(C)(CN3CCN(C)CC3)CC2)cc1F. The number of nitrogens with zero attached hydrogens (tertiary/aromatic N) is 3. The van der Waals surface area contributed by atoms with Gasteiger partial charge in [0, 0.05) is 38.4 Å². The largest absolute Gasteiger partial charge is 0.325 e. The number of aryl methyl sites for hydroxylation is 1. The van der Waals surface area contributed by atoms with Gasteiger partial charge in [0.25, 0.3) is 0 Å². The molecule has 1 unspecified atom stereocenters. The summed E-state index contributed by atoms with van der Waals surface area (Å²) in [6, 6.07) is 4.63. The highest BCUT2D eigenvalue weighted by Gasteiger charge is 2.35. The molecule has 6 heteroatoms. The van der Waals surface area contributed by atoms with E-state index in [2.05, 4.69) is 34.0 Å². The highest BCUT2D eigenvalue weighted by Crippen LogP contribution is 2.33. The number of amides is 1. The minimum Gasteiger partial charge on any atom is -0.325 e. The monoisotopic (exact) mass is 390 g/mol. The zero-order valence-electron chi connectivity index (χ0n) is 17.8. The van der Waals surface area contributed by atoms with Crippen molar-refractivity contribution in [2.24, 2.45) is 5.41 Å². The van der Waals surface area contributed by atoms with Gasteiger partial charge >= 0.3 is 0 Å². The van der Waals surface area contributed by atoms with Crippen LogP contribution in [-0.4, -0.2) is 79.5 Å². The van der Waals surface area contributed by atoms with Crippen molar-refractivity contribution in [2.45, 2.75) is 39.7 Å². The quantitative estimate of drug-likeness (QED) is 0.839. The molecule has 156 valence electrons. The molecule has 3 rings (SSSR count). The maximum absolute atomic E-state index is 13.7. The minimum absolute atomic E-state index is 0.0640. The molecule has 5 nitrogen and oxygen atoms in total. The van der Waals surface area contributed by atoms with Gasteiger partial charge in [-0.1, -0.05) is 13.0 Å². The number of piperidine rings is 1. The molecule has 0 saturated carbocycles. The number of hydrogen-bond acceptors (Lipinski definition) is 4. The third-order valence-electron chi connectivity index (χ3n) is 6.57. The average molecular weight is 391 g/mol. The van der Waals surface area contributed by atoms with E-state index in [9.17, 15) is 9.18 Å². The fourth-order valence-electron chi connectivity index (χ4n) is 4.24. The number of anilines is 1. The topological polar surface area (TPSA) is 38.8 Å². The van der Waals surface area contributed by atoms with Crippen LogP contribution in [0.4, 0.5) is 10.1 Å². The lowest BCUT2D eigenvalue weighted by Gasteiger charge is -2.45. The number of carbonyl (C=O) groups excluding carboxylic acids is 1. The molecule has 1 atom stereocenters. The molecule has 28 heavy (non-hydrogen) atoms. The van der Waals surface area contributed by atoms with Crippen LogP contribution in [0, 0.1) is 18.2 Å². The van der Waals surface area contributed by atoms with E-state index in [1.54, 1.807) is 19.1 Å². The molecule has 1 N–H and O–H groups in total. The van der Waals surface area contributed by atoms with Gasteiger partial charge in [-0.3, -0.25) is 9.69 Å². The van der Waals surface area contributed by atoms with Gasteiger partial charge in [0.15, 0.2) is 0 Å². The predicted molar refractivity (Wildman–Crippen MR) is 112 cm³/mol. The smallest absolute Gasteiger partial charge is 0.241 e. The second-order valence-corrected chi connectivity index (χ2v) is 9.06. The third kappa shape index (κ3) is 5.31. The third-order valence-corrected chi connectivity index (χ3v) is 6.57. The summed E-state index contributed by atoms with van der Waals surface area (Å²) in [6.07, 6.45) is 2.21. The van der Waals surface area contributed by atoms with Gasteiger partial charge < -0.3 is 15.1 Å². The molecule has 0 radical (unpaired) electrons. The molecule has 0 spiro atoms. The molecule has 0 bridgehead atoms. The predicted octanol–water partition coefficient (Wildman–Crippen LogP) is 2.81. The van der Waals surface area contributed by atoms with E-state index in [1.165, 1.54) is 6.07 Å². The number of piperazine rings is 1. The summed E-state index contributed by atoms with van der Waals surface area (Å²) in [5.41, 5.74) is 1.43. The molecule has 2 aliphatic rings. The fourth-order valence-corrected chi connectivity index (χ4v) is 4.24. The Kier molecular flexibility index (Phi) is 6.73. The van der Waals surface area contributed by atoms with Gasteiger partial charge in [-0.2, -0.15) is 0 Å². The van der Waals surface area contributed by atoms with E-state index in [1.807, 2.05) is 6.92 Å². The number of likely N-dealkylation sites (N-methyl/N-ethyl adjacent to an activating group) is 1. The van der Waals surface area contributed by atoms with Crippen LogP contribution in [-0.2, 0) is 4.79 Å². The van der Waals surface area contributed by atoms with Gasteiger partial charge in [-0.25, -0.2) is 4.39 Å². The van der Waals surface area contributed by atoms with E-state index in [0.717, 1.165) is 58.7 Å². The van der Waals surface area contributed by atoms with Crippen molar-refractivity contribution >= 4 is 11.6 Å². The van der Waals surface area contributed by atoms with Crippen LogP contribution in [0.15, 0.2) is 18.2 Å². The second kappa shape index (κ2) is 8.89. The fraction of sp³-hybridized carbons (Fsp3) is 0.682. The summed E-state index contributed by atoms with van der Waals surface area (Å²) in [4.78, 5) is 19.9. The zero-order valence-corrected chi connectivity index (χ0v) is 17.8. The molecular weight excluding hydrogens is 355 g/mol. The molecular formula is C22H35FN4O. The summed E-state index contributed by atoms with van der Waals surface area (Å²) < 4.78 is 13.7. The number of nitrogens with one attached hydrogen (secondary N) is 1. The Bertz CT molecular complexity index is 679. The van der Waals surface area contributed by atoms with E-state index in [4.69, 9.17) is 0 Å². The number of benzene rings is 1. The maximum Gasteiger partial charge on any atom is 0.241 e. The lowest BCUT2D eigenvalue weighted by Crippen LogP contribution is -2.52. The van der Waals surface area contributed by atoms with Crippen molar-refractivity contribution in [1.82, 2.24) is 14.7 Å². The standard InChI is InChI=1S/C22H35FN4O/c1-17-5-6-19(15-20(17)23)24-21(28)18(2)27-9-7-22(3,8-10-27)16-26-13-11-25(4)12-14-26/h5-6,15,18H,7-14,16H2,1-4H3,(H,24,28). The average Bonchev–Trinajstić information content (AvgIpc) is 2.66.